The second-order valence-corrected chi connectivity index (χ2v) is 8.82. The van der Waals surface area contributed by atoms with Gasteiger partial charge in [0.25, 0.3) is 0 Å². The zero-order chi connectivity index (χ0) is 20.8. The molecule has 2 aromatic rings. The molecule has 0 fully saturated rings. The topological polar surface area (TPSA) is 43.4 Å². The number of hydrogen-bond donors (Lipinski definition) is 0. The summed E-state index contributed by atoms with van der Waals surface area (Å²) < 4.78 is 5.56. The molecule has 0 spiro atoms. The van der Waals surface area contributed by atoms with Crippen molar-refractivity contribution >= 4 is 20.8 Å². The van der Waals surface area contributed by atoms with Crippen molar-refractivity contribution in [3.8, 4) is 5.75 Å². The van der Waals surface area contributed by atoms with Gasteiger partial charge in [0.15, 0.2) is 5.78 Å². The van der Waals surface area contributed by atoms with Crippen LogP contribution in [0.1, 0.15) is 55.2 Å². The highest BCUT2D eigenvalue weighted by Crippen LogP contribution is 2.30. The van der Waals surface area contributed by atoms with Crippen LogP contribution < -0.4 is 4.74 Å². The number of aryl methyl sites for hydroxylation is 1. The second kappa shape index (κ2) is 10.2. The van der Waals surface area contributed by atoms with Gasteiger partial charge in [-0.15, -0.1) is 9.24 Å². The molecule has 2 atom stereocenters. The summed E-state index contributed by atoms with van der Waals surface area (Å²) in [5.74, 6) is 1.75. The van der Waals surface area contributed by atoms with Gasteiger partial charge < -0.3 is 9.53 Å². The summed E-state index contributed by atoms with van der Waals surface area (Å²) in [4.78, 5) is 23.4. The van der Waals surface area contributed by atoms with Crippen molar-refractivity contribution in [2.75, 3.05) is 12.8 Å². The van der Waals surface area contributed by atoms with Crippen LogP contribution in [0.4, 0.5) is 0 Å². The molecule has 2 aliphatic carbocycles. The zero-order valence-electron chi connectivity index (χ0n) is 17.4. The number of ketones is 2. The van der Waals surface area contributed by atoms with Gasteiger partial charge in [-0.2, -0.15) is 0 Å². The van der Waals surface area contributed by atoms with Crippen LogP contribution in [0.5, 0.6) is 5.75 Å². The van der Waals surface area contributed by atoms with Gasteiger partial charge in [0.05, 0.1) is 6.61 Å². The molecule has 0 N–H and O–H groups in total. The van der Waals surface area contributed by atoms with Crippen molar-refractivity contribution in [1.82, 2.24) is 0 Å². The minimum Gasteiger partial charge on any atom is -0.493 e. The Balaban J connectivity index is 0.000000245. The van der Waals surface area contributed by atoms with Gasteiger partial charge >= 0.3 is 0 Å². The molecule has 0 saturated heterocycles. The zero-order valence-corrected chi connectivity index (χ0v) is 18.6. The van der Waals surface area contributed by atoms with Crippen molar-refractivity contribution in [2.24, 2.45) is 11.8 Å². The van der Waals surface area contributed by atoms with Crippen molar-refractivity contribution < 1.29 is 15.8 Å². The molecule has 4 heteroatoms. The molecule has 29 heavy (non-hydrogen) atoms. The van der Waals surface area contributed by atoms with Crippen LogP contribution in [0.3, 0.4) is 0 Å². The highest BCUT2D eigenvalue weighted by molar-refractivity contribution is 7.16. The average Bonchev–Trinajstić information content (AvgIpc) is 3.09. The average molecular weight is 413 g/mol. The Hall–Kier alpha value is -1.99. The Morgan fingerprint density at radius 3 is 2.45 bits per heavy atom. The molecule has 0 radical (unpaired) electrons. The fourth-order valence-electron chi connectivity index (χ4n) is 4.29. The predicted molar refractivity (Wildman–Crippen MR) is 123 cm³/mol. The lowest BCUT2D eigenvalue weighted by Crippen LogP contribution is -2.24. The molecule has 0 aromatic heterocycles. The van der Waals surface area contributed by atoms with Crippen LogP contribution in [0, 0.1) is 11.8 Å². The van der Waals surface area contributed by atoms with E-state index in [4.69, 9.17) is 4.74 Å². The van der Waals surface area contributed by atoms with E-state index in [0.29, 0.717) is 13.0 Å². The summed E-state index contributed by atoms with van der Waals surface area (Å²) >= 11 is 0. The summed E-state index contributed by atoms with van der Waals surface area (Å²) in [5, 5.41) is 0. The molecule has 0 saturated carbocycles. The van der Waals surface area contributed by atoms with Crippen LogP contribution in [-0.2, 0) is 24.1 Å². The molecule has 2 unspecified atom stereocenters. The molecular weight excluding hydrogens is 379 g/mol. The first-order chi connectivity index (χ1) is 14.0. The molecule has 2 aromatic carbocycles. The van der Waals surface area contributed by atoms with Gasteiger partial charge in [0, 0.05) is 19.3 Å². The lowest BCUT2D eigenvalue weighted by Gasteiger charge is -2.23. The lowest BCUT2D eigenvalue weighted by molar-refractivity contribution is -0.117. The molecule has 156 valence electrons. The maximum absolute atomic E-state index is 12.3. The lowest BCUT2D eigenvalue weighted by atomic mass is 9.80. The van der Waals surface area contributed by atoms with Gasteiger partial charge in [-0.3, -0.25) is 4.79 Å². The van der Waals surface area contributed by atoms with Crippen LogP contribution in [-0.4, -0.2) is 24.3 Å². The SMILES string of the molecule is CC(=O)CC1CCc2cc(OCCP)ccc2C1=O.CC1Cc2ccccc2C1.[HH]. The number of Topliss-reactive ketones (excluding diaryl/α,β-unsaturated/α-hetero) is 2. The first-order valence-electron chi connectivity index (χ1n) is 10.5. The third kappa shape index (κ3) is 5.76. The molecule has 0 heterocycles. The van der Waals surface area contributed by atoms with Crippen LogP contribution in [0.25, 0.3) is 0 Å². The third-order valence-corrected chi connectivity index (χ3v) is 5.89. The standard InChI is InChI=1S/C15H19O3P.C10H12.H2/c1-10(16)8-12-3-2-11-9-13(18-6-7-19)4-5-14(11)15(12)17;1-8-6-9-4-2-3-5-10(9)7-8;/h4-5,9,12H,2-3,6-8,19H2,1H3;2-5,8H,6-7H2,1H3;1H. The summed E-state index contributed by atoms with van der Waals surface area (Å²) in [6.07, 6.45) is 5.43. The quantitative estimate of drug-likeness (QED) is 0.623. The number of benzene rings is 2. The Bertz CT molecular complexity index is 855. The Morgan fingerprint density at radius 2 is 1.83 bits per heavy atom. The summed E-state index contributed by atoms with van der Waals surface area (Å²) in [5.41, 5.74) is 4.94. The van der Waals surface area contributed by atoms with Crippen molar-refractivity contribution in [3.63, 3.8) is 0 Å². The molecule has 0 bridgehead atoms. The van der Waals surface area contributed by atoms with E-state index in [1.54, 1.807) is 18.1 Å². The third-order valence-electron chi connectivity index (χ3n) is 5.65. The first kappa shape index (κ1) is 21.7. The largest absolute Gasteiger partial charge is 0.493 e. The minimum atomic E-state index is -0.135. The smallest absolute Gasteiger partial charge is 0.166 e. The van der Waals surface area contributed by atoms with Crippen molar-refractivity contribution in [2.45, 2.75) is 46.0 Å². The number of carbonyl (C=O) groups excluding carboxylic acids is 2. The normalized spacial score (nSPS) is 17.8. The number of ether oxygens (including phenoxy) is 1. The molecule has 0 amide bonds. The summed E-state index contributed by atoms with van der Waals surface area (Å²) in [7, 11) is 2.62. The minimum absolute atomic E-state index is 0. The van der Waals surface area contributed by atoms with E-state index in [0.717, 1.165) is 41.8 Å². The summed E-state index contributed by atoms with van der Waals surface area (Å²) in [6.45, 7) is 4.52. The maximum Gasteiger partial charge on any atom is 0.166 e. The second-order valence-electron chi connectivity index (χ2n) is 8.24. The summed E-state index contributed by atoms with van der Waals surface area (Å²) in [6, 6.07) is 14.4. The number of hydrogen-bond acceptors (Lipinski definition) is 3. The molecule has 0 aliphatic heterocycles. The van der Waals surface area contributed by atoms with E-state index in [-0.39, 0.29) is 18.9 Å². The highest BCUT2D eigenvalue weighted by atomic mass is 31.0. The van der Waals surface area contributed by atoms with E-state index in [9.17, 15) is 9.59 Å². The van der Waals surface area contributed by atoms with Gasteiger partial charge in [-0.25, -0.2) is 0 Å². The van der Waals surface area contributed by atoms with Crippen LogP contribution in [0.2, 0.25) is 0 Å². The van der Waals surface area contributed by atoms with Crippen molar-refractivity contribution in [3.05, 3.63) is 64.7 Å². The van der Waals surface area contributed by atoms with Crippen LogP contribution in [0.15, 0.2) is 42.5 Å². The molecular formula is C25H33O3P. The predicted octanol–water partition coefficient (Wildman–Crippen LogP) is 5.33. The maximum atomic E-state index is 12.3. The molecule has 4 rings (SSSR count). The first-order valence-corrected chi connectivity index (χ1v) is 11.4. The van der Waals surface area contributed by atoms with Gasteiger partial charge in [-0.1, -0.05) is 31.2 Å². The van der Waals surface area contributed by atoms with E-state index in [2.05, 4.69) is 40.4 Å². The van der Waals surface area contributed by atoms with E-state index < -0.39 is 0 Å². The number of carbonyl (C=O) groups is 2. The number of rotatable bonds is 5. The van der Waals surface area contributed by atoms with E-state index in [1.807, 2.05) is 18.2 Å². The van der Waals surface area contributed by atoms with E-state index in [1.165, 1.54) is 12.8 Å². The Morgan fingerprint density at radius 1 is 1.14 bits per heavy atom. The highest BCUT2D eigenvalue weighted by Gasteiger charge is 2.28. The molecule has 2 aliphatic rings. The van der Waals surface area contributed by atoms with Gasteiger partial charge in [0.2, 0.25) is 0 Å². The van der Waals surface area contributed by atoms with Crippen molar-refractivity contribution in [1.29, 1.82) is 0 Å². The Labute approximate surface area is 177 Å². The van der Waals surface area contributed by atoms with Gasteiger partial charge in [-0.05, 0) is 79.6 Å². The van der Waals surface area contributed by atoms with E-state index >= 15 is 0 Å². The van der Waals surface area contributed by atoms with Gasteiger partial charge in [0.1, 0.15) is 11.5 Å². The number of fused-ring (bicyclic) bond motifs is 2. The Kier molecular flexibility index (Phi) is 7.61. The fraction of sp³-hybridized carbons (Fsp3) is 0.440. The fourth-order valence-corrected chi connectivity index (χ4v) is 4.40. The van der Waals surface area contributed by atoms with Crippen LogP contribution >= 0.6 is 9.24 Å². The molecule has 3 nitrogen and oxygen atoms in total. The monoisotopic (exact) mass is 412 g/mol.